The van der Waals surface area contributed by atoms with E-state index in [-0.39, 0.29) is 18.4 Å². The topological polar surface area (TPSA) is 94.9 Å². The zero-order valence-corrected chi connectivity index (χ0v) is 16.2. The number of carbonyl (C=O) groups is 2. The Kier molecular flexibility index (Phi) is 6.15. The van der Waals surface area contributed by atoms with Crippen LogP contribution < -0.4 is 14.8 Å². The molecule has 0 unspecified atom stereocenters. The van der Waals surface area contributed by atoms with E-state index in [1.165, 1.54) is 11.8 Å². The monoisotopic (exact) mass is 388 g/mol. The zero-order chi connectivity index (χ0) is 20.1. The number of hydrogen-bond acceptors (Lipinski definition) is 6. The third kappa shape index (κ3) is 4.42. The number of anilines is 1. The Bertz CT molecular complexity index is 858. The lowest BCUT2D eigenvalue weighted by atomic mass is 10.2. The lowest BCUT2D eigenvalue weighted by molar-refractivity contribution is -0.116. The number of benzene rings is 1. The van der Waals surface area contributed by atoms with Crippen molar-refractivity contribution >= 4 is 17.5 Å². The molecule has 2 amide bonds. The predicted molar refractivity (Wildman–Crippen MR) is 102 cm³/mol. The summed E-state index contributed by atoms with van der Waals surface area (Å²) < 4.78 is 17.2. The largest absolute Gasteiger partial charge is 0.493 e. The van der Waals surface area contributed by atoms with Crippen LogP contribution in [0.2, 0.25) is 0 Å². The summed E-state index contributed by atoms with van der Waals surface area (Å²) in [6.07, 6.45) is 0. The maximum Gasteiger partial charge on any atom is 0.272 e. The third-order valence-electron chi connectivity index (χ3n) is 4.38. The number of nitrogens with one attached hydrogen (secondary N) is 1. The number of rotatable bonds is 6. The first kappa shape index (κ1) is 19.7. The van der Waals surface area contributed by atoms with Gasteiger partial charge in [0.15, 0.2) is 11.5 Å². The standard InChI is InChI=1S/C19H24N4O5/c1-13-10-15(19(25)22-6-8-28-9-7-22)23(21-13)12-18(24)20-14-4-5-16(26-2)17(11-14)27-3/h4-5,10-11H,6-9,12H2,1-3H3,(H,20,24). The third-order valence-corrected chi connectivity index (χ3v) is 4.38. The summed E-state index contributed by atoms with van der Waals surface area (Å²) in [5.41, 5.74) is 1.63. The maximum atomic E-state index is 12.8. The molecule has 1 aliphatic heterocycles. The average Bonchev–Trinajstić information content (AvgIpc) is 3.07. The molecule has 1 aliphatic rings. The van der Waals surface area contributed by atoms with Gasteiger partial charge in [-0.3, -0.25) is 14.3 Å². The highest BCUT2D eigenvalue weighted by atomic mass is 16.5. The van der Waals surface area contributed by atoms with Crippen LogP contribution in [-0.4, -0.2) is 67.0 Å². The first-order valence-electron chi connectivity index (χ1n) is 8.95. The Morgan fingerprint density at radius 3 is 2.54 bits per heavy atom. The van der Waals surface area contributed by atoms with Gasteiger partial charge in [-0.2, -0.15) is 5.10 Å². The second-order valence-corrected chi connectivity index (χ2v) is 6.35. The van der Waals surface area contributed by atoms with Crippen LogP contribution in [0.5, 0.6) is 11.5 Å². The van der Waals surface area contributed by atoms with Crippen LogP contribution in [-0.2, 0) is 16.1 Å². The molecule has 0 atom stereocenters. The van der Waals surface area contributed by atoms with E-state index in [9.17, 15) is 9.59 Å². The summed E-state index contributed by atoms with van der Waals surface area (Å²) in [5, 5.41) is 7.09. The number of nitrogens with zero attached hydrogens (tertiary/aromatic N) is 3. The molecule has 150 valence electrons. The fourth-order valence-electron chi connectivity index (χ4n) is 3.02. The summed E-state index contributed by atoms with van der Waals surface area (Å²) in [7, 11) is 3.07. The number of ether oxygens (including phenoxy) is 3. The minimum absolute atomic E-state index is 0.0758. The van der Waals surface area contributed by atoms with Crippen molar-refractivity contribution in [2.45, 2.75) is 13.5 Å². The highest BCUT2D eigenvalue weighted by molar-refractivity contribution is 5.95. The Morgan fingerprint density at radius 1 is 1.14 bits per heavy atom. The Hall–Kier alpha value is -3.07. The van der Waals surface area contributed by atoms with Crippen LogP contribution in [0.25, 0.3) is 0 Å². The van der Waals surface area contributed by atoms with Gasteiger partial charge in [0.2, 0.25) is 5.91 Å². The van der Waals surface area contributed by atoms with Crippen LogP contribution in [0.15, 0.2) is 24.3 Å². The van der Waals surface area contributed by atoms with Crippen LogP contribution in [0.3, 0.4) is 0 Å². The average molecular weight is 388 g/mol. The van der Waals surface area contributed by atoms with Gasteiger partial charge in [-0.25, -0.2) is 0 Å². The van der Waals surface area contributed by atoms with E-state index in [1.54, 1.807) is 43.2 Å². The number of hydrogen-bond donors (Lipinski definition) is 1. The van der Waals surface area contributed by atoms with Crippen molar-refractivity contribution in [2.75, 3.05) is 45.8 Å². The smallest absolute Gasteiger partial charge is 0.272 e. The van der Waals surface area contributed by atoms with Gasteiger partial charge in [-0.15, -0.1) is 0 Å². The number of aryl methyl sites for hydroxylation is 1. The molecular weight excluding hydrogens is 364 g/mol. The van der Waals surface area contributed by atoms with Crippen LogP contribution >= 0.6 is 0 Å². The van der Waals surface area contributed by atoms with Gasteiger partial charge in [-0.05, 0) is 25.1 Å². The maximum absolute atomic E-state index is 12.8. The van der Waals surface area contributed by atoms with E-state index in [1.807, 2.05) is 0 Å². The fourth-order valence-corrected chi connectivity index (χ4v) is 3.02. The Morgan fingerprint density at radius 2 is 1.86 bits per heavy atom. The van der Waals surface area contributed by atoms with Crippen molar-refractivity contribution in [1.29, 1.82) is 0 Å². The minimum Gasteiger partial charge on any atom is -0.493 e. The highest BCUT2D eigenvalue weighted by Gasteiger charge is 2.23. The van der Waals surface area contributed by atoms with Crippen molar-refractivity contribution in [3.8, 4) is 11.5 Å². The summed E-state index contributed by atoms with van der Waals surface area (Å²) in [6.45, 7) is 3.80. The molecule has 1 saturated heterocycles. The highest BCUT2D eigenvalue weighted by Crippen LogP contribution is 2.29. The molecule has 2 aromatic rings. The Labute approximate surface area is 163 Å². The van der Waals surface area contributed by atoms with Gasteiger partial charge in [0.25, 0.3) is 5.91 Å². The van der Waals surface area contributed by atoms with Crippen molar-refractivity contribution in [3.63, 3.8) is 0 Å². The van der Waals surface area contributed by atoms with Crippen molar-refractivity contribution in [3.05, 3.63) is 35.7 Å². The molecule has 0 bridgehead atoms. The fraction of sp³-hybridized carbons (Fsp3) is 0.421. The van der Waals surface area contributed by atoms with E-state index < -0.39 is 0 Å². The molecule has 1 aromatic carbocycles. The van der Waals surface area contributed by atoms with Gasteiger partial charge in [-0.1, -0.05) is 0 Å². The number of carbonyl (C=O) groups excluding carboxylic acids is 2. The van der Waals surface area contributed by atoms with Gasteiger partial charge < -0.3 is 24.4 Å². The number of methoxy groups -OCH3 is 2. The molecule has 0 saturated carbocycles. The molecule has 1 N–H and O–H groups in total. The molecular formula is C19H24N4O5. The summed E-state index contributed by atoms with van der Waals surface area (Å²) in [5.74, 6) is 0.633. The van der Waals surface area contributed by atoms with Crippen LogP contribution in [0.4, 0.5) is 5.69 Å². The lowest BCUT2D eigenvalue weighted by Crippen LogP contribution is -2.41. The van der Waals surface area contributed by atoms with Crippen LogP contribution in [0, 0.1) is 6.92 Å². The van der Waals surface area contributed by atoms with Crippen molar-refractivity contribution in [1.82, 2.24) is 14.7 Å². The quantitative estimate of drug-likeness (QED) is 0.802. The zero-order valence-electron chi connectivity index (χ0n) is 16.2. The number of amides is 2. The molecule has 2 heterocycles. The van der Waals surface area contributed by atoms with Gasteiger partial charge in [0.1, 0.15) is 12.2 Å². The summed E-state index contributed by atoms with van der Waals surface area (Å²) >= 11 is 0. The predicted octanol–water partition coefficient (Wildman–Crippen LogP) is 1.32. The van der Waals surface area contributed by atoms with Crippen molar-refractivity contribution < 1.29 is 23.8 Å². The van der Waals surface area contributed by atoms with Gasteiger partial charge >= 0.3 is 0 Å². The molecule has 1 aromatic heterocycles. The first-order chi connectivity index (χ1) is 13.5. The van der Waals surface area contributed by atoms with E-state index in [0.717, 1.165) is 0 Å². The Balaban J connectivity index is 1.71. The SMILES string of the molecule is COc1ccc(NC(=O)Cn2nc(C)cc2C(=O)N2CCOCC2)cc1OC. The molecule has 1 fully saturated rings. The van der Waals surface area contributed by atoms with E-state index >= 15 is 0 Å². The number of aromatic nitrogens is 2. The number of morpholine rings is 1. The normalized spacial score (nSPS) is 13.9. The molecule has 9 heteroatoms. The van der Waals surface area contributed by atoms with Crippen LogP contribution in [0.1, 0.15) is 16.2 Å². The summed E-state index contributed by atoms with van der Waals surface area (Å²) in [4.78, 5) is 27.0. The molecule has 28 heavy (non-hydrogen) atoms. The molecule has 0 aliphatic carbocycles. The van der Waals surface area contributed by atoms with Gasteiger partial charge in [0, 0.05) is 24.8 Å². The van der Waals surface area contributed by atoms with E-state index in [0.29, 0.717) is 54.9 Å². The summed E-state index contributed by atoms with van der Waals surface area (Å²) in [6, 6.07) is 6.79. The second kappa shape index (κ2) is 8.75. The first-order valence-corrected chi connectivity index (χ1v) is 8.95. The molecule has 9 nitrogen and oxygen atoms in total. The van der Waals surface area contributed by atoms with Crippen molar-refractivity contribution in [2.24, 2.45) is 0 Å². The lowest BCUT2D eigenvalue weighted by Gasteiger charge is -2.26. The minimum atomic E-state index is -0.300. The van der Waals surface area contributed by atoms with E-state index in [4.69, 9.17) is 14.2 Å². The molecule has 3 rings (SSSR count). The molecule has 0 spiro atoms. The second-order valence-electron chi connectivity index (χ2n) is 6.35. The van der Waals surface area contributed by atoms with Gasteiger partial charge in [0.05, 0.1) is 33.1 Å². The molecule has 0 radical (unpaired) electrons. The van der Waals surface area contributed by atoms with E-state index in [2.05, 4.69) is 10.4 Å².